The lowest BCUT2D eigenvalue weighted by Crippen LogP contribution is -2.12. The summed E-state index contributed by atoms with van der Waals surface area (Å²) in [7, 11) is 0. The van der Waals surface area contributed by atoms with Crippen molar-refractivity contribution in [1.82, 2.24) is 0 Å². The van der Waals surface area contributed by atoms with Crippen LogP contribution in [0.5, 0.6) is 0 Å². The molecule has 16 heavy (non-hydrogen) atoms. The van der Waals surface area contributed by atoms with Gasteiger partial charge in [-0.3, -0.25) is 4.79 Å². The molecule has 0 radical (unpaired) electrons. The number of carboxylic acids is 1. The van der Waals surface area contributed by atoms with Crippen LogP contribution in [0.15, 0.2) is 28.0 Å². The molecule has 0 spiro atoms. The van der Waals surface area contributed by atoms with Gasteiger partial charge in [-0.25, -0.2) is 0 Å². The summed E-state index contributed by atoms with van der Waals surface area (Å²) in [6.07, 6.45) is 4.69. The lowest BCUT2D eigenvalue weighted by Gasteiger charge is -2.10. The Labute approximate surface area is 105 Å². The molecule has 0 heterocycles. The summed E-state index contributed by atoms with van der Waals surface area (Å²) in [6, 6.07) is 6.18. The maximum absolute atomic E-state index is 10.8. The van der Waals surface area contributed by atoms with Gasteiger partial charge in [-0.1, -0.05) is 13.0 Å². The van der Waals surface area contributed by atoms with Crippen LogP contribution >= 0.6 is 23.5 Å². The monoisotopic (exact) mass is 256 g/mol. The highest BCUT2D eigenvalue weighted by Gasteiger charge is 2.12. The summed E-state index contributed by atoms with van der Waals surface area (Å²) in [5.41, 5.74) is 1.09. The summed E-state index contributed by atoms with van der Waals surface area (Å²) in [4.78, 5) is 13.2. The number of thioether (sulfide) groups is 2. The number of aliphatic carboxylic acids is 1. The van der Waals surface area contributed by atoms with Gasteiger partial charge >= 0.3 is 5.97 Å². The Hall–Kier alpha value is -0.610. The zero-order valence-electron chi connectivity index (χ0n) is 9.69. The van der Waals surface area contributed by atoms with E-state index < -0.39 is 5.97 Å². The van der Waals surface area contributed by atoms with Gasteiger partial charge in [-0.15, -0.1) is 23.5 Å². The molecule has 1 unspecified atom stereocenters. The molecule has 1 atom stereocenters. The van der Waals surface area contributed by atoms with Crippen LogP contribution in [0.4, 0.5) is 0 Å². The molecule has 1 rings (SSSR count). The van der Waals surface area contributed by atoms with E-state index >= 15 is 0 Å². The topological polar surface area (TPSA) is 37.3 Å². The third-order valence-corrected chi connectivity index (χ3v) is 4.11. The summed E-state index contributed by atoms with van der Waals surface area (Å²) >= 11 is 3.42. The molecule has 0 aliphatic rings. The standard InChI is InChI=1S/C12H16O2S2/c1-8(12(13)14)6-9-4-5-10(15-2)11(7-9)16-3/h4-5,7-8H,6H2,1-3H3,(H,13,14). The smallest absolute Gasteiger partial charge is 0.306 e. The zero-order valence-corrected chi connectivity index (χ0v) is 11.3. The van der Waals surface area contributed by atoms with Gasteiger partial charge in [0, 0.05) is 9.79 Å². The van der Waals surface area contributed by atoms with Crippen LogP contribution in [-0.2, 0) is 11.2 Å². The van der Waals surface area contributed by atoms with Crippen molar-refractivity contribution in [2.45, 2.75) is 23.1 Å². The number of carboxylic acid groups (broad SMARTS) is 1. The first-order valence-electron chi connectivity index (χ1n) is 5.02. The van der Waals surface area contributed by atoms with Crippen LogP contribution in [0.2, 0.25) is 0 Å². The summed E-state index contributed by atoms with van der Waals surface area (Å²) < 4.78 is 0. The zero-order chi connectivity index (χ0) is 12.1. The second-order valence-electron chi connectivity index (χ2n) is 3.63. The first kappa shape index (κ1) is 13.5. The second-order valence-corrected chi connectivity index (χ2v) is 5.33. The predicted molar refractivity (Wildman–Crippen MR) is 70.5 cm³/mol. The number of hydrogen-bond acceptors (Lipinski definition) is 3. The Balaban J connectivity index is 2.86. The van der Waals surface area contributed by atoms with Crippen LogP contribution in [0.1, 0.15) is 12.5 Å². The van der Waals surface area contributed by atoms with Gasteiger partial charge in [0.2, 0.25) is 0 Å². The molecule has 0 saturated carbocycles. The first-order chi connectivity index (χ1) is 7.58. The van der Waals surface area contributed by atoms with Crippen LogP contribution in [0.3, 0.4) is 0 Å². The van der Waals surface area contributed by atoms with Gasteiger partial charge < -0.3 is 5.11 Å². The van der Waals surface area contributed by atoms with E-state index in [1.54, 1.807) is 30.4 Å². The van der Waals surface area contributed by atoms with Gasteiger partial charge in [0.1, 0.15) is 0 Å². The van der Waals surface area contributed by atoms with Crippen molar-refractivity contribution in [3.63, 3.8) is 0 Å². The molecule has 0 amide bonds. The quantitative estimate of drug-likeness (QED) is 0.819. The van der Waals surface area contributed by atoms with Crippen molar-refractivity contribution in [2.75, 3.05) is 12.5 Å². The minimum atomic E-state index is -0.736. The third kappa shape index (κ3) is 3.46. The number of benzene rings is 1. The SMILES string of the molecule is CSc1ccc(CC(C)C(=O)O)cc1SC. The molecule has 88 valence electrons. The van der Waals surface area contributed by atoms with Crippen molar-refractivity contribution < 1.29 is 9.90 Å². The molecule has 0 aromatic heterocycles. The van der Waals surface area contributed by atoms with Crippen LogP contribution in [-0.4, -0.2) is 23.6 Å². The molecule has 0 aliphatic heterocycles. The molecule has 0 fully saturated rings. The van der Waals surface area contributed by atoms with Gasteiger partial charge in [0.25, 0.3) is 0 Å². The summed E-state index contributed by atoms with van der Waals surface area (Å²) in [5.74, 6) is -1.06. The third-order valence-electron chi connectivity index (χ3n) is 2.41. The van der Waals surface area contributed by atoms with E-state index in [9.17, 15) is 4.79 Å². The second kappa shape index (κ2) is 6.21. The molecule has 1 N–H and O–H groups in total. The highest BCUT2D eigenvalue weighted by atomic mass is 32.2. The highest BCUT2D eigenvalue weighted by molar-refractivity contribution is 8.01. The van der Waals surface area contributed by atoms with Crippen molar-refractivity contribution in [3.8, 4) is 0 Å². The van der Waals surface area contributed by atoms with Crippen molar-refractivity contribution in [3.05, 3.63) is 23.8 Å². The first-order valence-corrected chi connectivity index (χ1v) is 7.47. The molecular weight excluding hydrogens is 240 g/mol. The Morgan fingerprint density at radius 3 is 2.44 bits per heavy atom. The van der Waals surface area contributed by atoms with Gasteiger partial charge in [0.15, 0.2) is 0 Å². The lowest BCUT2D eigenvalue weighted by atomic mass is 10.0. The fraction of sp³-hybridized carbons (Fsp3) is 0.417. The van der Waals surface area contributed by atoms with Crippen LogP contribution in [0.25, 0.3) is 0 Å². The molecular formula is C12H16O2S2. The molecule has 1 aromatic rings. The average Bonchev–Trinajstić information content (AvgIpc) is 2.28. The van der Waals surface area contributed by atoms with E-state index in [-0.39, 0.29) is 5.92 Å². The Morgan fingerprint density at radius 2 is 1.94 bits per heavy atom. The molecule has 0 aliphatic carbocycles. The molecule has 2 nitrogen and oxygen atoms in total. The normalized spacial score (nSPS) is 12.4. The maximum Gasteiger partial charge on any atom is 0.306 e. The molecule has 0 saturated heterocycles. The van der Waals surface area contributed by atoms with Crippen molar-refractivity contribution >= 4 is 29.5 Å². The highest BCUT2D eigenvalue weighted by Crippen LogP contribution is 2.29. The fourth-order valence-electron chi connectivity index (χ4n) is 1.45. The van der Waals surface area contributed by atoms with E-state index in [2.05, 4.69) is 18.4 Å². The van der Waals surface area contributed by atoms with E-state index in [1.165, 1.54) is 9.79 Å². The van der Waals surface area contributed by atoms with E-state index in [4.69, 9.17) is 5.11 Å². The van der Waals surface area contributed by atoms with Gasteiger partial charge in [0.05, 0.1) is 5.92 Å². The van der Waals surface area contributed by atoms with Gasteiger partial charge in [-0.05, 0) is 36.6 Å². The summed E-state index contributed by atoms with van der Waals surface area (Å²) in [6.45, 7) is 1.74. The predicted octanol–water partition coefficient (Wildman–Crippen LogP) is 3.39. The maximum atomic E-state index is 10.8. The molecule has 1 aromatic carbocycles. The van der Waals surface area contributed by atoms with Crippen molar-refractivity contribution in [2.24, 2.45) is 5.92 Å². The van der Waals surface area contributed by atoms with E-state index in [0.29, 0.717) is 6.42 Å². The number of carbonyl (C=O) groups is 1. The molecule has 0 bridgehead atoms. The van der Waals surface area contributed by atoms with Crippen molar-refractivity contribution in [1.29, 1.82) is 0 Å². The Bertz CT molecular complexity index is 377. The fourth-order valence-corrected chi connectivity index (χ4v) is 2.95. The number of rotatable bonds is 5. The largest absolute Gasteiger partial charge is 0.481 e. The lowest BCUT2D eigenvalue weighted by molar-refractivity contribution is -0.141. The minimum Gasteiger partial charge on any atom is -0.481 e. The number of hydrogen-bond donors (Lipinski definition) is 1. The van der Waals surface area contributed by atoms with E-state index in [0.717, 1.165) is 5.56 Å². The van der Waals surface area contributed by atoms with Crippen LogP contribution < -0.4 is 0 Å². The minimum absolute atomic E-state index is 0.324. The average molecular weight is 256 g/mol. The van der Waals surface area contributed by atoms with E-state index in [1.807, 2.05) is 12.3 Å². The Morgan fingerprint density at radius 1 is 1.31 bits per heavy atom. The van der Waals surface area contributed by atoms with Gasteiger partial charge in [-0.2, -0.15) is 0 Å². The Kier molecular flexibility index (Phi) is 5.22. The molecule has 4 heteroatoms. The van der Waals surface area contributed by atoms with Crippen LogP contribution in [0, 0.1) is 5.92 Å². The summed E-state index contributed by atoms with van der Waals surface area (Å²) in [5, 5.41) is 8.86.